The number of nitrogens with zero attached hydrogens (tertiary/aromatic N) is 4. The summed E-state index contributed by atoms with van der Waals surface area (Å²) in [6.07, 6.45) is 13.3. The predicted octanol–water partition coefficient (Wildman–Crippen LogP) is 10.6. The standard InChI is InChI=1S/C51H60FN7O7S/c1-31(2)37-8-5-6-9-38(37)43-10-7-19-58(43)34-26-51(27-34)17-20-57(21-18-51)33-11-12-39(45(22-33)66-35-23-40-41(52)29-54-48(40)53-28-35)49(60)56-67(63,64)36-24-44(59(61)62)47-46(25-36)65-30-42(55-47)32-13-15-50(3,4)16-14-32/h5-6,8-9,11-12,22-25,28-29,31-32,34,42-43,55H,7,10,13-21,26-27,30H2,1-4H3,(H,53,54)(H,56,60)/t42-,43-/m1/s1. The lowest BCUT2D eigenvalue weighted by Crippen LogP contribution is -2.54. The Hall–Kier alpha value is -5.74. The number of ether oxygens (including phenoxy) is 2. The number of hydrogen-bond donors (Lipinski definition) is 3. The molecule has 0 radical (unpaired) electrons. The van der Waals surface area contributed by atoms with E-state index in [4.69, 9.17) is 9.47 Å². The lowest BCUT2D eigenvalue weighted by Gasteiger charge is -2.56. The lowest BCUT2D eigenvalue weighted by atomic mass is 9.59. The highest BCUT2D eigenvalue weighted by Gasteiger charge is 2.50. The van der Waals surface area contributed by atoms with Crippen molar-refractivity contribution in [1.82, 2.24) is 19.6 Å². The highest BCUT2D eigenvalue weighted by Crippen LogP contribution is 2.54. The molecule has 354 valence electrons. The van der Waals surface area contributed by atoms with Gasteiger partial charge in [-0.1, -0.05) is 52.0 Å². The first-order valence-corrected chi connectivity index (χ1v) is 25.4. The fourth-order valence-electron chi connectivity index (χ4n) is 11.7. The summed E-state index contributed by atoms with van der Waals surface area (Å²) in [5.41, 5.74) is 4.08. The molecule has 3 aliphatic heterocycles. The summed E-state index contributed by atoms with van der Waals surface area (Å²) < 4.78 is 57.1. The molecule has 5 aliphatic rings. The highest BCUT2D eigenvalue weighted by atomic mass is 32.2. The van der Waals surface area contributed by atoms with Crippen molar-refractivity contribution in [3.63, 3.8) is 0 Å². The number of carbonyl (C=O) groups is 1. The Labute approximate surface area is 391 Å². The first kappa shape index (κ1) is 45.1. The number of aromatic nitrogens is 2. The number of pyridine rings is 1. The molecule has 67 heavy (non-hydrogen) atoms. The molecule has 0 unspecified atom stereocenters. The van der Waals surface area contributed by atoms with Crippen molar-refractivity contribution in [2.75, 3.05) is 36.5 Å². The Kier molecular flexibility index (Phi) is 11.7. The number of likely N-dealkylation sites (tertiary alicyclic amines) is 1. The summed E-state index contributed by atoms with van der Waals surface area (Å²) in [5, 5.41) is 15.9. The molecule has 2 atom stereocenters. The van der Waals surface area contributed by atoms with Crippen molar-refractivity contribution in [2.45, 2.75) is 121 Å². The molecule has 0 bridgehead atoms. The van der Waals surface area contributed by atoms with Gasteiger partial charge in [0.05, 0.1) is 33.0 Å². The van der Waals surface area contributed by atoms with Gasteiger partial charge in [0, 0.05) is 55.3 Å². The van der Waals surface area contributed by atoms with E-state index >= 15 is 0 Å². The monoisotopic (exact) mass is 933 g/mol. The minimum atomic E-state index is -4.68. The zero-order valence-corrected chi connectivity index (χ0v) is 39.5. The number of benzene rings is 3. The van der Waals surface area contributed by atoms with Gasteiger partial charge in [0.25, 0.3) is 21.6 Å². The van der Waals surface area contributed by atoms with E-state index in [1.54, 1.807) is 12.1 Å². The van der Waals surface area contributed by atoms with Gasteiger partial charge in [-0.3, -0.25) is 19.8 Å². The Morgan fingerprint density at radius 1 is 1.01 bits per heavy atom. The lowest BCUT2D eigenvalue weighted by molar-refractivity contribution is -0.384. The number of piperidine rings is 1. The fourth-order valence-corrected chi connectivity index (χ4v) is 12.7. The molecule has 3 aromatic carbocycles. The summed E-state index contributed by atoms with van der Waals surface area (Å²) in [7, 11) is -4.68. The number of nitro benzene ring substituents is 1. The van der Waals surface area contributed by atoms with E-state index in [2.05, 4.69) is 81.8 Å². The minimum absolute atomic E-state index is 0.0241. The average molecular weight is 934 g/mol. The molecular formula is C51H60FN7O7S. The first-order valence-electron chi connectivity index (χ1n) is 23.9. The minimum Gasteiger partial charge on any atom is -0.489 e. The number of sulfonamides is 1. The Morgan fingerprint density at radius 3 is 2.52 bits per heavy atom. The maximum Gasteiger partial charge on any atom is 0.297 e. The average Bonchev–Trinajstić information content (AvgIpc) is 3.94. The molecule has 2 saturated heterocycles. The van der Waals surface area contributed by atoms with Crippen LogP contribution in [0.15, 0.2) is 78.0 Å². The van der Waals surface area contributed by atoms with Crippen molar-refractivity contribution in [1.29, 1.82) is 0 Å². The van der Waals surface area contributed by atoms with E-state index < -0.39 is 37.3 Å². The number of anilines is 2. The van der Waals surface area contributed by atoms with Crippen LogP contribution in [0.4, 0.5) is 21.5 Å². The number of rotatable bonds is 11. The van der Waals surface area contributed by atoms with E-state index in [1.165, 1.54) is 67.4 Å². The van der Waals surface area contributed by atoms with Crippen LogP contribution in [0.2, 0.25) is 0 Å². The van der Waals surface area contributed by atoms with Gasteiger partial charge < -0.3 is 24.7 Å². The zero-order chi connectivity index (χ0) is 46.8. The van der Waals surface area contributed by atoms with Gasteiger partial charge in [0.15, 0.2) is 11.4 Å². The van der Waals surface area contributed by atoms with E-state index in [1.807, 2.05) is 0 Å². The number of nitro groups is 1. The summed E-state index contributed by atoms with van der Waals surface area (Å²) in [5.74, 6) is -0.617. The van der Waals surface area contributed by atoms with Gasteiger partial charge in [0.2, 0.25) is 0 Å². The van der Waals surface area contributed by atoms with Crippen LogP contribution in [0.1, 0.15) is 125 Å². The third kappa shape index (κ3) is 8.82. The largest absolute Gasteiger partial charge is 0.489 e. The van der Waals surface area contributed by atoms with Crippen LogP contribution < -0.4 is 24.4 Å². The Morgan fingerprint density at radius 2 is 1.78 bits per heavy atom. The molecule has 2 aliphatic carbocycles. The second kappa shape index (κ2) is 17.4. The van der Waals surface area contributed by atoms with Gasteiger partial charge in [-0.2, -0.15) is 0 Å². The van der Waals surface area contributed by atoms with Crippen LogP contribution in [-0.4, -0.2) is 72.4 Å². The molecule has 2 aromatic heterocycles. The quantitative estimate of drug-likeness (QED) is 0.0850. The van der Waals surface area contributed by atoms with Crippen LogP contribution in [0.3, 0.4) is 0 Å². The molecule has 1 amide bonds. The highest BCUT2D eigenvalue weighted by molar-refractivity contribution is 7.90. The number of H-pyrrole nitrogens is 1. The smallest absolute Gasteiger partial charge is 0.297 e. The van der Waals surface area contributed by atoms with Crippen molar-refractivity contribution >= 4 is 44.0 Å². The summed E-state index contributed by atoms with van der Waals surface area (Å²) >= 11 is 0. The van der Waals surface area contributed by atoms with Gasteiger partial charge >= 0.3 is 0 Å². The van der Waals surface area contributed by atoms with Crippen LogP contribution >= 0.6 is 0 Å². The topological polar surface area (TPSA) is 172 Å². The first-order chi connectivity index (χ1) is 32.1. The molecular weight excluding hydrogens is 874 g/mol. The van der Waals surface area contributed by atoms with Crippen LogP contribution in [0, 0.1) is 32.7 Å². The van der Waals surface area contributed by atoms with Crippen molar-refractivity contribution in [3.05, 3.63) is 106 Å². The number of carbonyl (C=O) groups excluding carboxylic acids is 1. The third-order valence-electron chi connectivity index (χ3n) is 15.6. The van der Waals surface area contributed by atoms with E-state index in [-0.39, 0.29) is 63.3 Å². The number of aromatic amines is 1. The van der Waals surface area contributed by atoms with E-state index in [0.717, 1.165) is 69.9 Å². The molecule has 4 fully saturated rings. The molecule has 1 spiro atoms. The second-order valence-corrected chi connectivity index (χ2v) is 22.5. The van der Waals surface area contributed by atoms with Gasteiger partial charge in [-0.15, -0.1) is 0 Å². The van der Waals surface area contributed by atoms with Crippen LogP contribution in [0.25, 0.3) is 11.0 Å². The number of nitrogens with one attached hydrogen (secondary N) is 3. The van der Waals surface area contributed by atoms with Gasteiger partial charge in [0.1, 0.15) is 29.6 Å². The Bertz CT molecular complexity index is 2820. The SMILES string of the molecule is CC(C)c1ccccc1[C@H]1CCCN1C1CC2(CCN(c3ccc(C(=O)NS(=O)(=O)c4cc5c(c([N+](=O)[O-])c4)N[C@@H](C4CCC(C)(C)CC4)CO5)c(Oc4cnc5[nH]cc(F)c5c4)c3)CC2)C1. The second-order valence-electron chi connectivity index (χ2n) is 20.8. The predicted molar refractivity (Wildman–Crippen MR) is 255 cm³/mol. The van der Waals surface area contributed by atoms with Crippen molar-refractivity contribution in [2.24, 2.45) is 16.7 Å². The molecule has 16 heteroatoms. The molecule has 5 aromatic rings. The maximum atomic E-state index is 14.7. The number of fused-ring (bicyclic) bond motifs is 2. The molecule has 2 saturated carbocycles. The number of amides is 1. The summed E-state index contributed by atoms with van der Waals surface area (Å²) in [4.78, 5) is 37.5. The molecule has 3 N–H and O–H groups in total. The third-order valence-corrected chi connectivity index (χ3v) is 17.0. The summed E-state index contributed by atoms with van der Waals surface area (Å²) in [6.45, 7) is 12.0. The number of hydrogen-bond acceptors (Lipinski definition) is 11. The summed E-state index contributed by atoms with van der Waals surface area (Å²) in [6, 6.07) is 18.4. The Balaban J connectivity index is 0.863. The fraction of sp³-hybridized carbons (Fsp3) is 0.490. The van der Waals surface area contributed by atoms with Gasteiger partial charge in [-0.25, -0.2) is 22.5 Å². The van der Waals surface area contributed by atoms with E-state index in [0.29, 0.717) is 23.6 Å². The van der Waals surface area contributed by atoms with E-state index in [9.17, 15) is 27.7 Å². The van der Waals surface area contributed by atoms with Crippen LogP contribution in [0.5, 0.6) is 17.2 Å². The zero-order valence-electron chi connectivity index (χ0n) is 38.6. The van der Waals surface area contributed by atoms with Crippen molar-refractivity contribution in [3.8, 4) is 17.2 Å². The molecule has 14 nitrogen and oxygen atoms in total. The molecule has 10 rings (SSSR count). The molecule has 5 heterocycles. The normalized spacial score (nSPS) is 22.0. The maximum absolute atomic E-state index is 14.7. The number of halogens is 1. The van der Waals surface area contributed by atoms with Gasteiger partial charge in [-0.05, 0) is 123 Å². The van der Waals surface area contributed by atoms with Crippen LogP contribution in [-0.2, 0) is 10.0 Å². The van der Waals surface area contributed by atoms with Crippen molar-refractivity contribution < 1.29 is 32.0 Å².